The Hall–Kier alpha value is -2.61. The molecule has 150 valence electrons. The van der Waals surface area contributed by atoms with Gasteiger partial charge in [0.2, 0.25) is 0 Å². The Morgan fingerprint density at radius 2 is 1.93 bits per heavy atom. The molecule has 9 heteroatoms. The van der Waals surface area contributed by atoms with E-state index in [0.717, 1.165) is 6.07 Å². The molecule has 1 aromatic heterocycles. The number of rotatable bonds is 7. The normalized spacial score (nSPS) is 11.4. The van der Waals surface area contributed by atoms with Crippen molar-refractivity contribution < 1.29 is 27.5 Å². The number of aromatic nitrogens is 1. The van der Waals surface area contributed by atoms with Gasteiger partial charge in [0.15, 0.2) is 0 Å². The largest absolute Gasteiger partial charge is 0.573 e. The minimum atomic E-state index is -4.84. The van der Waals surface area contributed by atoms with Gasteiger partial charge in [-0.2, -0.15) is 0 Å². The molecule has 0 atom stereocenters. The summed E-state index contributed by atoms with van der Waals surface area (Å²) < 4.78 is 40.6. The van der Waals surface area contributed by atoms with Gasteiger partial charge < -0.3 is 10.1 Å². The van der Waals surface area contributed by atoms with Gasteiger partial charge in [-0.25, -0.2) is 0 Å². The molecule has 0 saturated heterocycles. The molecule has 1 aromatic carbocycles. The van der Waals surface area contributed by atoms with Crippen LogP contribution in [0.25, 0.3) is 0 Å². The molecule has 1 amide bonds. The van der Waals surface area contributed by atoms with Crippen molar-refractivity contribution in [1.82, 2.24) is 10.3 Å². The number of pyridine rings is 1. The number of hydrogen-bond acceptors (Lipinski definition) is 4. The van der Waals surface area contributed by atoms with Crippen molar-refractivity contribution in [2.24, 2.45) is 5.92 Å². The number of benzene rings is 1. The second kappa shape index (κ2) is 9.05. The first-order valence-corrected chi connectivity index (χ1v) is 8.73. The Morgan fingerprint density at radius 3 is 2.54 bits per heavy atom. The zero-order valence-corrected chi connectivity index (χ0v) is 15.9. The molecule has 1 heterocycles. The lowest BCUT2D eigenvalue weighted by atomic mass is 10.0. The zero-order chi connectivity index (χ0) is 20.9. The SMILES string of the molecule is CC(C)C(=O)Cc1cc(C(=O)NCc2ccc(OC(F)(F)F)c(Cl)c2)ccn1. The highest BCUT2D eigenvalue weighted by atomic mass is 35.5. The summed E-state index contributed by atoms with van der Waals surface area (Å²) >= 11 is 5.78. The summed E-state index contributed by atoms with van der Waals surface area (Å²) in [7, 11) is 0. The van der Waals surface area contributed by atoms with Gasteiger partial charge in [0.05, 0.1) is 5.02 Å². The molecule has 0 radical (unpaired) electrons. The fourth-order valence-electron chi connectivity index (χ4n) is 2.24. The van der Waals surface area contributed by atoms with Crippen LogP contribution in [-0.2, 0) is 17.8 Å². The molecule has 28 heavy (non-hydrogen) atoms. The van der Waals surface area contributed by atoms with Crippen LogP contribution < -0.4 is 10.1 Å². The van der Waals surface area contributed by atoms with E-state index < -0.39 is 18.0 Å². The van der Waals surface area contributed by atoms with Gasteiger partial charge in [0.1, 0.15) is 11.5 Å². The number of Topliss-reactive ketones (excluding diaryl/α,β-unsaturated/α-hetero) is 1. The van der Waals surface area contributed by atoms with Crippen molar-refractivity contribution in [2.45, 2.75) is 33.2 Å². The van der Waals surface area contributed by atoms with Gasteiger partial charge in [-0.15, -0.1) is 13.2 Å². The van der Waals surface area contributed by atoms with Gasteiger partial charge in [-0.1, -0.05) is 31.5 Å². The number of ether oxygens (including phenoxy) is 1. The molecule has 0 saturated carbocycles. The summed E-state index contributed by atoms with van der Waals surface area (Å²) in [6, 6.07) is 6.77. The van der Waals surface area contributed by atoms with Gasteiger partial charge in [-0.05, 0) is 29.8 Å². The molecule has 0 unspecified atom stereocenters. The lowest BCUT2D eigenvalue weighted by Gasteiger charge is -2.12. The van der Waals surface area contributed by atoms with Crippen molar-refractivity contribution in [3.63, 3.8) is 0 Å². The van der Waals surface area contributed by atoms with E-state index in [2.05, 4.69) is 15.0 Å². The van der Waals surface area contributed by atoms with Crippen molar-refractivity contribution in [3.8, 4) is 5.75 Å². The van der Waals surface area contributed by atoms with Gasteiger partial charge >= 0.3 is 6.36 Å². The number of nitrogens with one attached hydrogen (secondary N) is 1. The van der Waals surface area contributed by atoms with Crippen LogP contribution in [-0.4, -0.2) is 23.0 Å². The molecule has 2 aromatic rings. The summed E-state index contributed by atoms with van der Waals surface area (Å²) in [5.74, 6) is -1.04. The van der Waals surface area contributed by atoms with E-state index in [0.29, 0.717) is 16.8 Å². The number of hydrogen-bond donors (Lipinski definition) is 1. The maximum absolute atomic E-state index is 12.3. The lowest BCUT2D eigenvalue weighted by Crippen LogP contribution is -2.23. The van der Waals surface area contributed by atoms with Crippen molar-refractivity contribution in [3.05, 3.63) is 58.4 Å². The second-order valence-electron chi connectivity index (χ2n) is 6.33. The fourth-order valence-corrected chi connectivity index (χ4v) is 2.49. The first kappa shape index (κ1) is 21.7. The van der Waals surface area contributed by atoms with Crippen LogP contribution in [0.3, 0.4) is 0 Å². The predicted octanol–water partition coefficient (Wildman–Crippen LogP) is 4.33. The van der Waals surface area contributed by atoms with Crippen LogP contribution in [0, 0.1) is 5.92 Å². The quantitative estimate of drug-likeness (QED) is 0.732. The van der Waals surface area contributed by atoms with Crippen LogP contribution in [0.4, 0.5) is 13.2 Å². The van der Waals surface area contributed by atoms with E-state index in [-0.39, 0.29) is 29.7 Å². The fraction of sp³-hybridized carbons (Fsp3) is 0.316. The summed E-state index contributed by atoms with van der Waals surface area (Å²) in [5, 5.41) is 2.42. The number of amides is 1. The third-order valence-electron chi connectivity index (χ3n) is 3.75. The van der Waals surface area contributed by atoms with Gasteiger partial charge in [0.25, 0.3) is 5.91 Å². The highest BCUT2D eigenvalue weighted by Crippen LogP contribution is 2.30. The summed E-state index contributed by atoms with van der Waals surface area (Å²) in [5.41, 5.74) is 1.31. The molecule has 0 spiro atoms. The maximum atomic E-state index is 12.3. The van der Waals surface area contributed by atoms with E-state index >= 15 is 0 Å². The molecule has 5 nitrogen and oxygen atoms in total. The predicted molar refractivity (Wildman–Crippen MR) is 97.1 cm³/mol. The van der Waals surface area contributed by atoms with Crippen LogP contribution in [0.5, 0.6) is 5.75 Å². The molecule has 0 aliphatic carbocycles. The second-order valence-corrected chi connectivity index (χ2v) is 6.74. The Kier molecular flexibility index (Phi) is 7.01. The van der Waals surface area contributed by atoms with Crippen LogP contribution in [0.2, 0.25) is 5.02 Å². The smallest absolute Gasteiger partial charge is 0.404 e. The van der Waals surface area contributed by atoms with Crippen molar-refractivity contribution in [2.75, 3.05) is 0 Å². The Labute approximate surface area is 164 Å². The van der Waals surface area contributed by atoms with Gasteiger partial charge in [-0.3, -0.25) is 14.6 Å². The van der Waals surface area contributed by atoms with Gasteiger partial charge in [0, 0.05) is 36.3 Å². The number of nitrogens with zero attached hydrogens (tertiary/aromatic N) is 1. The third kappa shape index (κ3) is 6.53. The highest BCUT2D eigenvalue weighted by Gasteiger charge is 2.32. The first-order valence-electron chi connectivity index (χ1n) is 8.35. The van der Waals surface area contributed by atoms with Crippen molar-refractivity contribution in [1.29, 1.82) is 0 Å². The number of carbonyl (C=O) groups is 2. The number of ketones is 1. The Morgan fingerprint density at radius 1 is 1.21 bits per heavy atom. The standard InChI is InChI=1S/C19H18ClF3N2O3/c1-11(2)16(26)9-14-8-13(5-6-24-14)18(27)25-10-12-3-4-17(15(20)7-12)28-19(21,22)23/h3-8,11H,9-10H2,1-2H3,(H,25,27). The molecule has 0 fully saturated rings. The average Bonchev–Trinajstić information content (AvgIpc) is 2.61. The summed E-state index contributed by atoms with van der Waals surface area (Å²) in [6.45, 7) is 3.62. The lowest BCUT2D eigenvalue weighted by molar-refractivity contribution is -0.274. The zero-order valence-electron chi connectivity index (χ0n) is 15.1. The average molecular weight is 415 g/mol. The first-order chi connectivity index (χ1) is 13.0. The van der Waals surface area contributed by atoms with E-state index in [4.69, 9.17) is 11.6 Å². The summed E-state index contributed by atoms with van der Waals surface area (Å²) in [4.78, 5) is 28.2. The van der Waals surface area contributed by atoms with Crippen LogP contribution >= 0.6 is 11.6 Å². The summed E-state index contributed by atoms with van der Waals surface area (Å²) in [6.07, 6.45) is -3.26. The Bertz CT molecular complexity index is 870. The van der Waals surface area contributed by atoms with Crippen LogP contribution in [0.1, 0.15) is 35.5 Å². The van der Waals surface area contributed by atoms with E-state index in [1.807, 2.05) is 0 Å². The van der Waals surface area contributed by atoms with E-state index in [9.17, 15) is 22.8 Å². The number of carbonyl (C=O) groups excluding carboxylic acids is 2. The monoisotopic (exact) mass is 414 g/mol. The molecular formula is C19H18ClF3N2O3. The molecular weight excluding hydrogens is 397 g/mol. The molecule has 2 rings (SSSR count). The molecule has 0 bridgehead atoms. The highest BCUT2D eigenvalue weighted by molar-refractivity contribution is 6.32. The maximum Gasteiger partial charge on any atom is 0.573 e. The van der Waals surface area contributed by atoms with E-state index in [1.54, 1.807) is 13.8 Å². The number of alkyl halides is 3. The van der Waals surface area contributed by atoms with Crippen molar-refractivity contribution >= 4 is 23.3 Å². The molecule has 0 aliphatic rings. The minimum absolute atomic E-state index is 0.0147. The number of halogens is 4. The molecule has 0 aliphatic heterocycles. The third-order valence-corrected chi connectivity index (χ3v) is 4.05. The molecule has 1 N–H and O–H groups in total. The van der Waals surface area contributed by atoms with Crippen LogP contribution in [0.15, 0.2) is 36.5 Å². The topological polar surface area (TPSA) is 68.3 Å². The minimum Gasteiger partial charge on any atom is -0.404 e. The Balaban J connectivity index is 2.00. The van der Waals surface area contributed by atoms with E-state index in [1.165, 1.54) is 30.5 Å².